The molecular formula is C13H18ClFOS. The van der Waals surface area contributed by atoms with E-state index in [9.17, 15) is 9.50 Å². The van der Waals surface area contributed by atoms with Crippen molar-refractivity contribution in [1.29, 1.82) is 0 Å². The summed E-state index contributed by atoms with van der Waals surface area (Å²) in [4.78, 5) is 0. The van der Waals surface area contributed by atoms with Crippen molar-refractivity contribution in [1.82, 2.24) is 0 Å². The van der Waals surface area contributed by atoms with Crippen LogP contribution < -0.4 is 0 Å². The van der Waals surface area contributed by atoms with Gasteiger partial charge in [-0.2, -0.15) is 11.8 Å². The summed E-state index contributed by atoms with van der Waals surface area (Å²) >= 11 is 7.51. The van der Waals surface area contributed by atoms with Crippen LogP contribution in [0.25, 0.3) is 0 Å². The molecule has 0 amide bonds. The van der Waals surface area contributed by atoms with Crippen molar-refractivity contribution in [2.24, 2.45) is 0 Å². The molecule has 0 aliphatic heterocycles. The molecule has 4 heteroatoms. The number of hydrogen-bond acceptors (Lipinski definition) is 2. The van der Waals surface area contributed by atoms with Gasteiger partial charge in [-0.3, -0.25) is 0 Å². The van der Waals surface area contributed by atoms with Gasteiger partial charge in [0.15, 0.2) is 0 Å². The van der Waals surface area contributed by atoms with Gasteiger partial charge in [0.2, 0.25) is 0 Å². The molecule has 0 aliphatic rings. The molecule has 0 aliphatic carbocycles. The Morgan fingerprint density at radius 1 is 1.47 bits per heavy atom. The molecule has 17 heavy (non-hydrogen) atoms. The summed E-state index contributed by atoms with van der Waals surface area (Å²) in [5.74, 6) is 0.322. The van der Waals surface area contributed by atoms with Crippen LogP contribution in [-0.4, -0.2) is 22.2 Å². The van der Waals surface area contributed by atoms with E-state index in [2.05, 4.69) is 13.8 Å². The SMILES string of the molecule is CCC(C)SCC(O)Cc1cc(Cl)ccc1F. The predicted molar refractivity (Wildman–Crippen MR) is 73.3 cm³/mol. The number of aliphatic hydroxyl groups excluding tert-OH is 1. The maximum Gasteiger partial charge on any atom is 0.126 e. The quantitative estimate of drug-likeness (QED) is 0.850. The van der Waals surface area contributed by atoms with Crippen LogP contribution in [0.5, 0.6) is 0 Å². The first-order valence-corrected chi connectivity index (χ1v) is 7.19. The van der Waals surface area contributed by atoms with E-state index in [0.717, 1.165) is 6.42 Å². The largest absolute Gasteiger partial charge is 0.392 e. The Morgan fingerprint density at radius 3 is 2.82 bits per heavy atom. The molecule has 1 aromatic rings. The average Bonchev–Trinajstić information content (AvgIpc) is 2.30. The summed E-state index contributed by atoms with van der Waals surface area (Å²) in [6, 6.07) is 4.43. The predicted octanol–water partition coefficient (Wildman–Crippen LogP) is 3.91. The van der Waals surface area contributed by atoms with E-state index < -0.39 is 6.10 Å². The minimum absolute atomic E-state index is 0.304. The van der Waals surface area contributed by atoms with E-state index >= 15 is 0 Å². The van der Waals surface area contributed by atoms with Gasteiger partial charge in [-0.25, -0.2) is 4.39 Å². The maximum atomic E-state index is 13.4. The van der Waals surface area contributed by atoms with E-state index in [4.69, 9.17) is 11.6 Å². The van der Waals surface area contributed by atoms with Crippen LogP contribution in [0.2, 0.25) is 5.02 Å². The standard InChI is InChI=1S/C13H18ClFOS/c1-3-9(2)17-8-12(16)7-10-6-11(14)4-5-13(10)15/h4-6,9,12,16H,3,7-8H2,1-2H3. The van der Waals surface area contributed by atoms with Crippen molar-refractivity contribution in [2.75, 3.05) is 5.75 Å². The lowest BCUT2D eigenvalue weighted by Crippen LogP contribution is -2.16. The molecule has 0 spiro atoms. The molecule has 1 N–H and O–H groups in total. The number of benzene rings is 1. The second-order valence-corrected chi connectivity index (χ2v) is 6.05. The molecule has 0 heterocycles. The average molecular weight is 277 g/mol. The summed E-state index contributed by atoms with van der Waals surface area (Å²) in [5.41, 5.74) is 0.481. The van der Waals surface area contributed by atoms with E-state index in [1.807, 2.05) is 0 Å². The fourth-order valence-electron chi connectivity index (χ4n) is 1.41. The molecule has 0 saturated heterocycles. The zero-order chi connectivity index (χ0) is 12.8. The molecule has 2 unspecified atom stereocenters. The first-order valence-electron chi connectivity index (χ1n) is 5.76. The number of thioether (sulfide) groups is 1. The summed E-state index contributed by atoms with van der Waals surface area (Å²) in [6.45, 7) is 4.23. The van der Waals surface area contributed by atoms with E-state index in [-0.39, 0.29) is 5.82 Å². The van der Waals surface area contributed by atoms with Crippen molar-refractivity contribution < 1.29 is 9.50 Å². The second kappa shape index (κ2) is 7.24. The van der Waals surface area contributed by atoms with Crippen LogP contribution in [0.1, 0.15) is 25.8 Å². The van der Waals surface area contributed by atoms with Gasteiger partial charge in [0.05, 0.1) is 6.10 Å². The highest BCUT2D eigenvalue weighted by Gasteiger charge is 2.11. The third kappa shape index (κ3) is 5.28. The lowest BCUT2D eigenvalue weighted by molar-refractivity contribution is 0.198. The number of aliphatic hydroxyl groups is 1. The summed E-state index contributed by atoms with van der Waals surface area (Å²) in [5, 5.41) is 10.9. The maximum absolute atomic E-state index is 13.4. The molecule has 0 bridgehead atoms. The molecular weight excluding hydrogens is 259 g/mol. The van der Waals surface area contributed by atoms with Crippen LogP contribution in [-0.2, 0) is 6.42 Å². The van der Waals surface area contributed by atoms with Crippen LogP contribution in [0, 0.1) is 5.82 Å². The zero-order valence-electron chi connectivity index (χ0n) is 10.1. The summed E-state index contributed by atoms with van der Waals surface area (Å²) in [7, 11) is 0. The topological polar surface area (TPSA) is 20.2 Å². The monoisotopic (exact) mass is 276 g/mol. The zero-order valence-corrected chi connectivity index (χ0v) is 11.7. The normalized spacial score (nSPS) is 14.6. The Kier molecular flexibility index (Phi) is 6.31. The molecule has 0 aromatic heterocycles. The first kappa shape index (κ1) is 14.8. The molecule has 0 saturated carbocycles. The van der Waals surface area contributed by atoms with Gasteiger partial charge in [-0.15, -0.1) is 0 Å². The fourth-order valence-corrected chi connectivity index (χ4v) is 2.50. The molecule has 0 radical (unpaired) electrons. The Hall–Kier alpha value is -0.250. The number of halogens is 2. The minimum Gasteiger partial charge on any atom is -0.392 e. The van der Waals surface area contributed by atoms with Crippen LogP contribution in [0.4, 0.5) is 4.39 Å². The van der Waals surface area contributed by atoms with Crippen LogP contribution in [0.15, 0.2) is 18.2 Å². The van der Waals surface area contributed by atoms with Crippen molar-refractivity contribution in [2.45, 2.75) is 38.0 Å². The lowest BCUT2D eigenvalue weighted by atomic mass is 10.1. The first-order chi connectivity index (χ1) is 8.02. The second-order valence-electron chi connectivity index (χ2n) is 4.15. The Labute approximate surface area is 111 Å². The lowest BCUT2D eigenvalue weighted by Gasteiger charge is -2.14. The molecule has 96 valence electrons. The fraction of sp³-hybridized carbons (Fsp3) is 0.538. The smallest absolute Gasteiger partial charge is 0.126 e. The van der Waals surface area contributed by atoms with Gasteiger partial charge in [-0.1, -0.05) is 25.4 Å². The third-order valence-electron chi connectivity index (χ3n) is 2.61. The highest BCUT2D eigenvalue weighted by atomic mass is 35.5. The third-order valence-corrected chi connectivity index (χ3v) is 4.33. The molecule has 2 atom stereocenters. The Balaban J connectivity index is 2.50. The van der Waals surface area contributed by atoms with Gasteiger partial charge < -0.3 is 5.11 Å². The van der Waals surface area contributed by atoms with E-state index in [1.165, 1.54) is 12.1 Å². The van der Waals surface area contributed by atoms with Gasteiger partial charge in [0.1, 0.15) is 5.82 Å². The highest BCUT2D eigenvalue weighted by Crippen LogP contribution is 2.19. The van der Waals surface area contributed by atoms with Gasteiger partial charge in [-0.05, 0) is 30.2 Å². The molecule has 1 rings (SSSR count). The van der Waals surface area contributed by atoms with Crippen molar-refractivity contribution in [3.8, 4) is 0 Å². The number of hydrogen-bond donors (Lipinski definition) is 1. The van der Waals surface area contributed by atoms with Crippen molar-refractivity contribution >= 4 is 23.4 Å². The van der Waals surface area contributed by atoms with Crippen molar-refractivity contribution in [3.63, 3.8) is 0 Å². The molecule has 1 nitrogen and oxygen atoms in total. The number of rotatable bonds is 6. The van der Waals surface area contributed by atoms with Crippen LogP contribution in [0.3, 0.4) is 0 Å². The van der Waals surface area contributed by atoms with E-state index in [0.29, 0.717) is 28.0 Å². The molecule has 1 aromatic carbocycles. The summed E-state index contributed by atoms with van der Waals surface area (Å²) < 4.78 is 13.4. The van der Waals surface area contributed by atoms with Crippen LogP contribution >= 0.6 is 23.4 Å². The summed E-state index contributed by atoms with van der Waals surface area (Å²) in [6.07, 6.45) is 0.862. The van der Waals surface area contributed by atoms with Crippen molar-refractivity contribution in [3.05, 3.63) is 34.6 Å². The van der Waals surface area contributed by atoms with Gasteiger partial charge >= 0.3 is 0 Å². The Bertz CT molecular complexity index is 359. The van der Waals surface area contributed by atoms with Gasteiger partial charge in [0.25, 0.3) is 0 Å². The van der Waals surface area contributed by atoms with E-state index in [1.54, 1.807) is 17.8 Å². The Morgan fingerprint density at radius 2 is 2.18 bits per heavy atom. The molecule has 0 fully saturated rings. The minimum atomic E-state index is -0.526. The van der Waals surface area contributed by atoms with Gasteiger partial charge in [0, 0.05) is 22.4 Å². The highest BCUT2D eigenvalue weighted by molar-refractivity contribution is 7.99.